The minimum absolute atomic E-state index is 0.297. The minimum atomic E-state index is 0.297. The summed E-state index contributed by atoms with van der Waals surface area (Å²) in [6.07, 6.45) is 10.4. The van der Waals surface area contributed by atoms with Gasteiger partial charge in [-0.15, -0.1) is 11.8 Å². The summed E-state index contributed by atoms with van der Waals surface area (Å²) in [7, 11) is 0. The lowest BCUT2D eigenvalue weighted by molar-refractivity contribution is 0.536. The molecule has 0 saturated heterocycles. The van der Waals surface area contributed by atoms with Crippen LogP contribution in [0.2, 0.25) is 0 Å². The van der Waals surface area contributed by atoms with Gasteiger partial charge in [0.25, 0.3) is 0 Å². The highest BCUT2D eigenvalue weighted by molar-refractivity contribution is 7.98. The van der Waals surface area contributed by atoms with Gasteiger partial charge in [-0.05, 0) is 45.4 Å². The van der Waals surface area contributed by atoms with Crippen molar-refractivity contribution < 1.29 is 0 Å². The van der Waals surface area contributed by atoms with E-state index in [1.165, 1.54) is 5.56 Å². The van der Waals surface area contributed by atoms with Crippen LogP contribution in [0.4, 0.5) is 0 Å². The number of aromatic nitrogens is 4. The Hall–Kier alpha value is -1.62. The molecule has 0 aromatic carbocycles. The van der Waals surface area contributed by atoms with Crippen molar-refractivity contribution in [3.05, 3.63) is 29.1 Å². The Morgan fingerprint density at radius 1 is 1.29 bits per heavy atom. The van der Waals surface area contributed by atoms with E-state index in [4.69, 9.17) is 9.97 Å². The largest absolute Gasteiger partial charge is 0.259 e. The maximum Gasteiger partial charge on any atom is 0.179 e. The summed E-state index contributed by atoms with van der Waals surface area (Å²) in [4.78, 5) is 9.62. The van der Waals surface area contributed by atoms with Gasteiger partial charge in [0.05, 0.1) is 11.9 Å². The number of hydrogen-bond donors (Lipinski definition) is 0. The Morgan fingerprint density at radius 3 is 2.81 bits per heavy atom. The van der Waals surface area contributed by atoms with Crippen LogP contribution in [-0.4, -0.2) is 26.0 Å². The Balaban J connectivity index is 2.20. The molecule has 5 heteroatoms. The molecule has 4 nitrogen and oxygen atoms in total. The molecule has 0 fully saturated rings. The molecule has 1 aliphatic rings. The third-order valence-corrected chi connectivity index (χ3v) is 4.39. The van der Waals surface area contributed by atoms with Gasteiger partial charge in [0.1, 0.15) is 10.7 Å². The lowest BCUT2D eigenvalue weighted by atomic mass is 10.0. The number of rotatable bonds is 3. The molecular weight excluding hydrogens is 280 g/mol. The number of allylic oxidation sites excluding steroid dienone is 1. The van der Waals surface area contributed by atoms with Crippen molar-refractivity contribution in [2.24, 2.45) is 0 Å². The summed E-state index contributed by atoms with van der Waals surface area (Å²) in [5.41, 5.74) is 4.51. The van der Waals surface area contributed by atoms with E-state index in [1.54, 1.807) is 11.8 Å². The van der Waals surface area contributed by atoms with Crippen LogP contribution < -0.4 is 0 Å². The van der Waals surface area contributed by atoms with Crippen LogP contribution in [0.15, 0.2) is 17.3 Å². The molecule has 0 aliphatic heterocycles. The maximum atomic E-state index is 4.83. The second-order valence-corrected chi connectivity index (χ2v) is 6.37. The van der Waals surface area contributed by atoms with Crippen LogP contribution >= 0.6 is 11.8 Å². The van der Waals surface area contributed by atoms with Crippen molar-refractivity contribution in [3.63, 3.8) is 0 Å². The molecule has 0 atom stereocenters. The van der Waals surface area contributed by atoms with Gasteiger partial charge in [0, 0.05) is 11.6 Å². The molecule has 0 saturated carbocycles. The van der Waals surface area contributed by atoms with Crippen molar-refractivity contribution >= 4 is 17.8 Å². The third-order valence-electron chi connectivity index (χ3n) is 3.69. The molecular formula is C16H20N4S. The normalized spacial score (nSPS) is 13.8. The monoisotopic (exact) mass is 300 g/mol. The van der Waals surface area contributed by atoms with E-state index < -0.39 is 0 Å². The predicted octanol–water partition coefficient (Wildman–Crippen LogP) is 3.91. The summed E-state index contributed by atoms with van der Waals surface area (Å²) in [5, 5.41) is 5.53. The molecule has 0 radical (unpaired) electrons. The number of thioether (sulfide) groups is 1. The summed E-state index contributed by atoms with van der Waals surface area (Å²) in [6.45, 7) is 6.34. The molecule has 0 N–H and O–H groups in total. The Kier molecular flexibility index (Phi) is 3.85. The van der Waals surface area contributed by atoms with E-state index in [0.29, 0.717) is 6.04 Å². The zero-order valence-electron chi connectivity index (χ0n) is 12.9. The van der Waals surface area contributed by atoms with Crippen LogP contribution in [0, 0.1) is 6.92 Å². The highest BCUT2D eigenvalue weighted by Crippen LogP contribution is 2.31. The van der Waals surface area contributed by atoms with E-state index in [-0.39, 0.29) is 0 Å². The first-order chi connectivity index (χ1) is 10.1. The predicted molar refractivity (Wildman–Crippen MR) is 87.5 cm³/mol. The summed E-state index contributed by atoms with van der Waals surface area (Å²) < 4.78 is 2.01. The van der Waals surface area contributed by atoms with Gasteiger partial charge < -0.3 is 0 Å². The molecule has 0 bridgehead atoms. The van der Waals surface area contributed by atoms with Gasteiger partial charge >= 0.3 is 0 Å². The van der Waals surface area contributed by atoms with Gasteiger partial charge in [-0.1, -0.05) is 12.2 Å². The van der Waals surface area contributed by atoms with Gasteiger partial charge in [-0.3, -0.25) is 4.68 Å². The van der Waals surface area contributed by atoms with Gasteiger partial charge in [0.2, 0.25) is 0 Å². The number of aryl methyl sites for hydroxylation is 2. The average molecular weight is 300 g/mol. The van der Waals surface area contributed by atoms with E-state index in [9.17, 15) is 0 Å². The summed E-state index contributed by atoms with van der Waals surface area (Å²) in [5.74, 6) is 0.803. The zero-order chi connectivity index (χ0) is 15.0. The lowest BCUT2D eigenvalue weighted by Gasteiger charge is -2.16. The molecule has 0 amide bonds. The minimum Gasteiger partial charge on any atom is -0.259 e. The third kappa shape index (κ3) is 2.50. The van der Waals surface area contributed by atoms with E-state index in [1.807, 2.05) is 10.9 Å². The molecule has 2 aromatic heterocycles. The quantitative estimate of drug-likeness (QED) is 0.637. The summed E-state index contributed by atoms with van der Waals surface area (Å²) >= 11 is 1.68. The fourth-order valence-corrected chi connectivity index (χ4v) is 3.24. The van der Waals surface area contributed by atoms with Crippen LogP contribution in [0.3, 0.4) is 0 Å². The molecule has 2 heterocycles. The molecule has 0 spiro atoms. The molecule has 2 aromatic rings. The molecule has 21 heavy (non-hydrogen) atoms. The molecule has 110 valence electrons. The highest BCUT2D eigenvalue weighted by atomic mass is 32.2. The van der Waals surface area contributed by atoms with Gasteiger partial charge in [-0.25, -0.2) is 9.97 Å². The number of hydrogen-bond acceptors (Lipinski definition) is 4. The van der Waals surface area contributed by atoms with E-state index >= 15 is 0 Å². The van der Waals surface area contributed by atoms with Crippen molar-refractivity contribution in [3.8, 4) is 11.5 Å². The molecule has 0 unspecified atom stereocenters. The maximum absolute atomic E-state index is 4.83. The number of nitrogens with zero attached hydrogens (tertiary/aromatic N) is 4. The van der Waals surface area contributed by atoms with Crippen molar-refractivity contribution in [2.75, 3.05) is 6.26 Å². The first-order valence-corrected chi connectivity index (χ1v) is 8.50. The van der Waals surface area contributed by atoms with E-state index in [0.717, 1.165) is 40.6 Å². The average Bonchev–Trinajstić information content (AvgIpc) is 2.88. The van der Waals surface area contributed by atoms with Crippen LogP contribution in [0.5, 0.6) is 0 Å². The smallest absolute Gasteiger partial charge is 0.179 e. The van der Waals surface area contributed by atoms with Crippen molar-refractivity contribution in [1.82, 2.24) is 19.7 Å². The molecule has 3 rings (SSSR count). The van der Waals surface area contributed by atoms with Crippen molar-refractivity contribution in [2.45, 2.75) is 44.7 Å². The topological polar surface area (TPSA) is 43.6 Å². The van der Waals surface area contributed by atoms with Crippen molar-refractivity contribution in [1.29, 1.82) is 0 Å². The zero-order valence-corrected chi connectivity index (χ0v) is 13.7. The first-order valence-electron chi connectivity index (χ1n) is 7.27. The van der Waals surface area contributed by atoms with Crippen LogP contribution in [-0.2, 0) is 6.42 Å². The van der Waals surface area contributed by atoms with Gasteiger partial charge in [-0.2, -0.15) is 5.10 Å². The lowest BCUT2D eigenvalue weighted by Crippen LogP contribution is -2.10. The first kappa shape index (κ1) is 14.3. The fourth-order valence-electron chi connectivity index (χ4n) is 2.65. The second-order valence-electron chi connectivity index (χ2n) is 5.57. The van der Waals surface area contributed by atoms with Crippen LogP contribution in [0.1, 0.15) is 43.1 Å². The van der Waals surface area contributed by atoms with Crippen LogP contribution in [0.25, 0.3) is 17.6 Å². The van der Waals surface area contributed by atoms with Gasteiger partial charge in [0.15, 0.2) is 5.82 Å². The fraction of sp³-hybridized carbons (Fsp3) is 0.438. The SMILES string of the molecule is CSc1nc(-c2c(C)cnn2C(C)C)nc2c1C=CCC2. The second kappa shape index (κ2) is 5.64. The molecule has 1 aliphatic carbocycles. The standard InChI is InChI=1S/C16H20N4S/c1-10(2)20-14(11(3)9-17-20)15-18-13-8-6-5-7-12(13)16(19-15)21-4/h5,7,9-10H,6,8H2,1-4H3. The number of fused-ring (bicyclic) bond motifs is 1. The van der Waals surface area contributed by atoms with E-state index in [2.05, 4.69) is 44.3 Å². The summed E-state index contributed by atoms with van der Waals surface area (Å²) in [6, 6.07) is 0.297. The highest BCUT2D eigenvalue weighted by Gasteiger charge is 2.20. The Labute approximate surface area is 129 Å². The Morgan fingerprint density at radius 2 is 2.10 bits per heavy atom. The Bertz CT molecular complexity index is 701.